The number of hydrogen-bond donors (Lipinski definition) is 0. The number of nitrogens with zero attached hydrogens (tertiary/aromatic N) is 1. The summed E-state index contributed by atoms with van der Waals surface area (Å²) in [5.41, 5.74) is 2.60. The molecule has 1 heterocycles. The van der Waals surface area contributed by atoms with E-state index in [0.29, 0.717) is 26.6 Å². The predicted octanol–water partition coefficient (Wildman–Crippen LogP) is 5.63. The van der Waals surface area contributed by atoms with Gasteiger partial charge < -0.3 is 0 Å². The molecule has 0 spiro atoms. The molecule has 0 bridgehead atoms. The van der Waals surface area contributed by atoms with Crippen LogP contribution in [0, 0.1) is 6.92 Å². The van der Waals surface area contributed by atoms with Gasteiger partial charge in [-0.05, 0) is 36.1 Å². The van der Waals surface area contributed by atoms with Crippen molar-refractivity contribution in [2.75, 3.05) is 0 Å². The van der Waals surface area contributed by atoms with Crippen LogP contribution in [-0.2, 0) is 0 Å². The van der Waals surface area contributed by atoms with Crippen LogP contribution >= 0.6 is 34.8 Å². The lowest BCUT2D eigenvalue weighted by Crippen LogP contribution is -1.94. The Morgan fingerprint density at radius 3 is 2.35 bits per heavy atom. The highest BCUT2D eigenvalue weighted by Crippen LogP contribution is 2.35. The van der Waals surface area contributed by atoms with Crippen LogP contribution in [-0.4, -0.2) is 4.98 Å². The molecule has 17 heavy (non-hydrogen) atoms. The van der Waals surface area contributed by atoms with Crippen molar-refractivity contribution >= 4 is 45.7 Å². The second kappa shape index (κ2) is 4.64. The zero-order chi connectivity index (χ0) is 12.7. The van der Waals surface area contributed by atoms with Crippen molar-refractivity contribution in [3.8, 4) is 0 Å². The molecule has 0 amide bonds. The molecule has 90 valence electrons. The van der Waals surface area contributed by atoms with Crippen LogP contribution in [0.15, 0.2) is 12.1 Å². The Hall–Kier alpha value is -0.500. The largest absolute Gasteiger partial charge is 0.234 e. The van der Waals surface area contributed by atoms with Crippen molar-refractivity contribution in [2.24, 2.45) is 0 Å². The average Bonchev–Trinajstić information content (AvgIpc) is 2.25. The average molecular weight is 289 g/mol. The van der Waals surface area contributed by atoms with E-state index in [9.17, 15) is 0 Å². The second-order valence-electron chi connectivity index (χ2n) is 4.41. The van der Waals surface area contributed by atoms with E-state index in [2.05, 4.69) is 18.8 Å². The van der Waals surface area contributed by atoms with Gasteiger partial charge in [0.2, 0.25) is 0 Å². The standard InChI is InChI=1S/C13H12Cl3N/c1-6(2)8-5-9-11(15)7(3)4-10(14)12(9)17-13(8)16/h4-6H,1-3H3. The van der Waals surface area contributed by atoms with Gasteiger partial charge >= 0.3 is 0 Å². The lowest BCUT2D eigenvalue weighted by Gasteiger charge is -2.12. The van der Waals surface area contributed by atoms with E-state index in [1.54, 1.807) is 0 Å². The summed E-state index contributed by atoms with van der Waals surface area (Å²) in [5, 5.41) is 2.63. The van der Waals surface area contributed by atoms with Crippen molar-refractivity contribution < 1.29 is 0 Å². The molecule has 0 radical (unpaired) electrons. The van der Waals surface area contributed by atoms with Gasteiger partial charge in [-0.2, -0.15) is 0 Å². The highest BCUT2D eigenvalue weighted by atomic mass is 35.5. The van der Waals surface area contributed by atoms with Crippen LogP contribution in [0.25, 0.3) is 10.9 Å². The van der Waals surface area contributed by atoms with E-state index in [1.165, 1.54) is 0 Å². The molecule has 0 saturated heterocycles. The van der Waals surface area contributed by atoms with E-state index in [1.807, 2.05) is 19.1 Å². The summed E-state index contributed by atoms with van der Waals surface area (Å²) >= 11 is 18.6. The molecule has 0 atom stereocenters. The van der Waals surface area contributed by atoms with Crippen molar-refractivity contribution in [2.45, 2.75) is 26.7 Å². The van der Waals surface area contributed by atoms with Crippen LogP contribution in [0.5, 0.6) is 0 Å². The maximum atomic E-state index is 6.29. The highest BCUT2D eigenvalue weighted by molar-refractivity contribution is 6.41. The van der Waals surface area contributed by atoms with Gasteiger partial charge in [0.05, 0.1) is 15.6 Å². The number of pyridine rings is 1. The van der Waals surface area contributed by atoms with Gasteiger partial charge in [0.1, 0.15) is 5.15 Å². The Morgan fingerprint density at radius 2 is 1.76 bits per heavy atom. The number of rotatable bonds is 1. The van der Waals surface area contributed by atoms with Gasteiger partial charge in [0, 0.05) is 5.39 Å². The van der Waals surface area contributed by atoms with Crippen LogP contribution in [0.2, 0.25) is 15.2 Å². The fourth-order valence-electron chi connectivity index (χ4n) is 1.79. The maximum Gasteiger partial charge on any atom is 0.133 e. The first-order valence-corrected chi connectivity index (χ1v) is 6.50. The van der Waals surface area contributed by atoms with E-state index in [4.69, 9.17) is 34.8 Å². The molecular formula is C13H12Cl3N. The Labute approximate surface area is 116 Å². The quantitative estimate of drug-likeness (QED) is 0.620. The Kier molecular flexibility index (Phi) is 3.53. The molecule has 0 fully saturated rings. The minimum atomic E-state index is 0.301. The van der Waals surface area contributed by atoms with Crippen molar-refractivity contribution in [3.63, 3.8) is 0 Å². The van der Waals surface area contributed by atoms with E-state index >= 15 is 0 Å². The maximum absolute atomic E-state index is 6.29. The molecule has 0 aliphatic rings. The van der Waals surface area contributed by atoms with Gasteiger partial charge in [0.15, 0.2) is 0 Å². The fourth-order valence-corrected chi connectivity index (χ4v) is 2.66. The number of hydrogen-bond acceptors (Lipinski definition) is 1. The molecular weight excluding hydrogens is 277 g/mol. The summed E-state index contributed by atoms with van der Waals surface area (Å²) in [7, 11) is 0. The van der Waals surface area contributed by atoms with E-state index < -0.39 is 0 Å². The topological polar surface area (TPSA) is 12.9 Å². The van der Waals surface area contributed by atoms with Crippen LogP contribution in [0.3, 0.4) is 0 Å². The van der Waals surface area contributed by atoms with Crippen molar-refractivity contribution in [3.05, 3.63) is 38.5 Å². The molecule has 1 aromatic heterocycles. The van der Waals surface area contributed by atoms with Crippen LogP contribution in [0.1, 0.15) is 30.9 Å². The first-order valence-electron chi connectivity index (χ1n) is 5.36. The van der Waals surface area contributed by atoms with Crippen molar-refractivity contribution in [1.29, 1.82) is 0 Å². The monoisotopic (exact) mass is 287 g/mol. The molecule has 4 heteroatoms. The normalized spacial score (nSPS) is 11.5. The molecule has 1 aromatic carbocycles. The van der Waals surface area contributed by atoms with Gasteiger partial charge in [-0.1, -0.05) is 48.7 Å². The first kappa shape index (κ1) is 12.9. The number of benzene rings is 1. The molecule has 2 rings (SSSR count). The molecule has 0 aliphatic heterocycles. The minimum Gasteiger partial charge on any atom is -0.234 e. The summed E-state index contributed by atoms with van der Waals surface area (Å²) in [4.78, 5) is 4.35. The molecule has 0 aliphatic carbocycles. The SMILES string of the molecule is Cc1cc(Cl)c2nc(Cl)c(C(C)C)cc2c1Cl. The van der Waals surface area contributed by atoms with Crippen LogP contribution < -0.4 is 0 Å². The zero-order valence-corrected chi connectivity index (χ0v) is 12.1. The van der Waals surface area contributed by atoms with Crippen molar-refractivity contribution in [1.82, 2.24) is 4.98 Å². The van der Waals surface area contributed by atoms with Gasteiger partial charge in [-0.25, -0.2) is 4.98 Å². The molecule has 0 saturated carbocycles. The third kappa shape index (κ3) is 2.24. The lowest BCUT2D eigenvalue weighted by atomic mass is 10.0. The summed E-state index contributed by atoms with van der Waals surface area (Å²) < 4.78 is 0. The Bertz CT molecular complexity index is 591. The third-order valence-corrected chi connectivity index (χ3v) is 3.87. The Balaban J connectivity index is 2.88. The molecule has 1 nitrogen and oxygen atoms in total. The zero-order valence-electron chi connectivity index (χ0n) is 9.81. The molecule has 0 N–H and O–H groups in total. The Morgan fingerprint density at radius 1 is 1.12 bits per heavy atom. The summed E-state index contributed by atoms with van der Waals surface area (Å²) in [6.07, 6.45) is 0. The highest BCUT2D eigenvalue weighted by Gasteiger charge is 2.14. The summed E-state index contributed by atoms with van der Waals surface area (Å²) in [6, 6.07) is 3.79. The summed E-state index contributed by atoms with van der Waals surface area (Å²) in [5.74, 6) is 0.301. The fraction of sp³-hybridized carbons (Fsp3) is 0.308. The van der Waals surface area contributed by atoms with Gasteiger partial charge in [-0.15, -0.1) is 0 Å². The van der Waals surface area contributed by atoms with Gasteiger partial charge in [-0.3, -0.25) is 0 Å². The minimum absolute atomic E-state index is 0.301. The smallest absolute Gasteiger partial charge is 0.133 e. The second-order valence-corrected chi connectivity index (χ2v) is 5.55. The first-order chi connectivity index (χ1) is 7.91. The van der Waals surface area contributed by atoms with E-state index in [0.717, 1.165) is 16.5 Å². The molecule has 0 unspecified atom stereocenters. The number of fused-ring (bicyclic) bond motifs is 1. The lowest BCUT2D eigenvalue weighted by molar-refractivity contribution is 0.862. The number of aryl methyl sites for hydroxylation is 1. The predicted molar refractivity (Wildman–Crippen MR) is 75.6 cm³/mol. The van der Waals surface area contributed by atoms with Gasteiger partial charge in [0.25, 0.3) is 0 Å². The van der Waals surface area contributed by atoms with E-state index in [-0.39, 0.29) is 0 Å². The third-order valence-electron chi connectivity index (χ3n) is 2.78. The van der Waals surface area contributed by atoms with Crippen LogP contribution in [0.4, 0.5) is 0 Å². The molecule has 2 aromatic rings. The number of aromatic nitrogens is 1. The summed E-state index contributed by atoms with van der Waals surface area (Å²) in [6.45, 7) is 6.07. The number of halogens is 3.